The highest BCUT2D eigenvalue weighted by Crippen LogP contribution is 2.27. The van der Waals surface area contributed by atoms with Gasteiger partial charge in [-0.25, -0.2) is 0 Å². The average molecular weight is 428 g/mol. The second-order valence-corrected chi connectivity index (χ2v) is 7.63. The summed E-state index contributed by atoms with van der Waals surface area (Å²) in [6.45, 7) is 0. The Morgan fingerprint density at radius 2 is 1.87 bits per heavy atom. The van der Waals surface area contributed by atoms with Crippen LogP contribution in [0.4, 0.5) is 5.69 Å². The summed E-state index contributed by atoms with van der Waals surface area (Å²) in [5, 5.41) is 2.60. The SMILES string of the molecule is O=C1NC(=S)N(c2ccc(Br)cc2)C(=O)/C1=C/c1ccc(Cl)s1. The van der Waals surface area contributed by atoms with Crippen molar-refractivity contribution in [1.82, 2.24) is 5.32 Å². The Bertz CT molecular complexity index is 845. The molecule has 0 unspecified atom stereocenters. The monoisotopic (exact) mass is 426 g/mol. The minimum absolute atomic E-state index is 0.0139. The van der Waals surface area contributed by atoms with E-state index < -0.39 is 11.8 Å². The number of nitrogens with one attached hydrogen (secondary N) is 1. The number of halogens is 2. The minimum atomic E-state index is -0.516. The van der Waals surface area contributed by atoms with E-state index in [1.54, 1.807) is 36.4 Å². The van der Waals surface area contributed by atoms with Crippen molar-refractivity contribution >= 4 is 79.8 Å². The van der Waals surface area contributed by atoms with Crippen molar-refractivity contribution in [3.05, 3.63) is 55.7 Å². The van der Waals surface area contributed by atoms with Gasteiger partial charge < -0.3 is 0 Å². The summed E-state index contributed by atoms with van der Waals surface area (Å²) in [7, 11) is 0. The van der Waals surface area contributed by atoms with E-state index in [0.29, 0.717) is 10.0 Å². The van der Waals surface area contributed by atoms with Gasteiger partial charge in [0.25, 0.3) is 11.8 Å². The lowest BCUT2D eigenvalue weighted by atomic mass is 10.1. The molecule has 1 aromatic heterocycles. The number of thiophene rings is 1. The first-order valence-electron chi connectivity index (χ1n) is 6.38. The molecule has 1 aromatic carbocycles. The van der Waals surface area contributed by atoms with Crippen LogP contribution in [0.25, 0.3) is 6.08 Å². The van der Waals surface area contributed by atoms with E-state index in [2.05, 4.69) is 21.2 Å². The zero-order chi connectivity index (χ0) is 16.6. The molecule has 2 amide bonds. The Hall–Kier alpha value is -1.54. The number of thiocarbonyl (C=S) groups is 1. The summed E-state index contributed by atoms with van der Waals surface area (Å²) in [6, 6.07) is 10.5. The van der Waals surface area contributed by atoms with Gasteiger partial charge >= 0.3 is 0 Å². The Kier molecular flexibility index (Phi) is 4.63. The normalized spacial score (nSPS) is 16.9. The standard InChI is InChI=1S/C15H8BrClN2O2S2/c16-8-1-3-9(4-2-8)19-14(21)11(13(20)18-15(19)22)7-10-5-6-12(17)23-10/h1-7H,(H,18,20,22)/b11-7+. The minimum Gasteiger partial charge on any atom is -0.298 e. The molecule has 1 saturated heterocycles. The molecule has 8 heteroatoms. The molecule has 1 aliphatic rings. The van der Waals surface area contributed by atoms with Crippen molar-refractivity contribution in [3.63, 3.8) is 0 Å². The summed E-state index contributed by atoms with van der Waals surface area (Å²) >= 11 is 15.6. The van der Waals surface area contributed by atoms with Gasteiger partial charge in [0.15, 0.2) is 5.11 Å². The fourth-order valence-corrected chi connectivity index (χ4v) is 3.58. The molecule has 2 aromatic rings. The number of carbonyl (C=O) groups excluding carboxylic acids is 2. The summed E-state index contributed by atoms with van der Waals surface area (Å²) in [6.07, 6.45) is 1.52. The third kappa shape index (κ3) is 3.37. The Labute approximate surface area is 154 Å². The number of hydrogen-bond donors (Lipinski definition) is 1. The highest BCUT2D eigenvalue weighted by molar-refractivity contribution is 9.10. The van der Waals surface area contributed by atoms with Crippen molar-refractivity contribution in [1.29, 1.82) is 0 Å². The molecular weight excluding hydrogens is 420 g/mol. The first-order chi connectivity index (χ1) is 11.0. The Balaban J connectivity index is 2.00. The van der Waals surface area contributed by atoms with Crippen molar-refractivity contribution in [2.24, 2.45) is 0 Å². The second-order valence-electron chi connectivity index (χ2n) is 4.58. The lowest BCUT2D eigenvalue weighted by Crippen LogP contribution is -2.54. The number of carbonyl (C=O) groups is 2. The maximum atomic E-state index is 12.7. The number of amides is 2. The molecular formula is C15H8BrClN2O2S2. The number of hydrogen-bond acceptors (Lipinski definition) is 4. The molecule has 0 atom stereocenters. The van der Waals surface area contributed by atoms with Gasteiger partial charge in [-0.1, -0.05) is 27.5 Å². The van der Waals surface area contributed by atoms with Gasteiger partial charge in [0, 0.05) is 9.35 Å². The first-order valence-corrected chi connectivity index (χ1v) is 8.77. The second kappa shape index (κ2) is 6.52. The molecule has 2 heterocycles. The van der Waals surface area contributed by atoms with E-state index in [4.69, 9.17) is 23.8 Å². The predicted octanol–water partition coefficient (Wildman–Crippen LogP) is 4.00. The number of anilines is 1. The molecule has 4 nitrogen and oxygen atoms in total. The fraction of sp³-hybridized carbons (Fsp3) is 0. The van der Waals surface area contributed by atoms with Crippen molar-refractivity contribution in [2.75, 3.05) is 4.90 Å². The third-order valence-electron chi connectivity index (χ3n) is 3.07. The van der Waals surface area contributed by atoms with Gasteiger partial charge in [-0.2, -0.15) is 0 Å². The van der Waals surface area contributed by atoms with E-state index in [1.807, 2.05) is 0 Å². The highest BCUT2D eigenvalue weighted by Gasteiger charge is 2.34. The maximum absolute atomic E-state index is 12.7. The van der Waals surface area contributed by atoms with Crippen LogP contribution in [-0.4, -0.2) is 16.9 Å². The van der Waals surface area contributed by atoms with Crippen LogP contribution in [0.2, 0.25) is 4.34 Å². The van der Waals surface area contributed by atoms with Crippen molar-refractivity contribution in [3.8, 4) is 0 Å². The van der Waals surface area contributed by atoms with E-state index >= 15 is 0 Å². The zero-order valence-corrected chi connectivity index (χ0v) is 15.4. The summed E-state index contributed by atoms with van der Waals surface area (Å²) < 4.78 is 1.46. The summed E-state index contributed by atoms with van der Waals surface area (Å²) in [5.74, 6) is -0.983. The molecule has 0 aliphatic carbocycles. The number of benzene rings is 1. The molecule has 1 aliphatic heterocycles. The largest absolute Gasteiger partial charge is 0.298 e. The predicted molar refractivity (Wildman–Crippen MR) is 99.7 cm³/mol. The maximum Gasteiger partial charge on any atom is 0.270 e. The van der Waals surface area contributed by atoms with E-state index in [9.17, 15) is 9.59 Å². The molecule has 0 radical (unpaired) electrons. The van der Waals surface area contributed by atoms with Crippen molar-refractivity contribution in [2.45, 2.75) is 0 Å². The third-order valence-corrected chi connectivity index (χ3v) is 5.06. The van der Waals surface area contributed by atoms with Crippen LogP contribution in [0, 0.1) is 0 Å². The zero-order valence-electron chi connectivity index (χ0n) is 11.4. The molecule has 1 fully saturated rings. The number of rotatable bonds is 2. The van der Waals surface area contributed by atoms with Gasteiger partial charge in [0.2, 0.25) is 0 Å². The molecule has 0 saturated carbocycles. The van der Waals surface area contributed by atoms with E-state index in [0.717, 1.165) is 9.35 Å². The lowest BCUT2D eigenvalue weighted by molar-refractivity contribution is -0.122. The average Bonchev–Trinajstić information content (AvgIpc) is 2.91. The van der Waals surface area contributed by atoms with Gasteiger partial charge in [-0.05, 0) is 54.7 Å². The van der Waals surface area contributed by atoms with E-state index in [1.165, 1.54) is 22.3 Å². The van der Waals surface area contributed by atoms with Crippen LogP contribution in [0.3, 0.4) is 0 Å². The van der Waals surface area contributed by atoms with Gasteiger partial charge in [0.1, 0.15) is 5.57 Å². The Morgan fingerprint density at radius 3 is 2.48 bits per heavy atom. The first kappa shape index (κ1) is 16.3. The Morgan fingerprint density at radius 1 is 1.17 bits per heavy atom. The summed E-state index contributed by atoms with van der Waals surface area (Å²) in [5.41, 5.74) is 0.596. The smallest absolute Gasteiger partial charge is 0.270 e. The molecule has 0 bridgehead atoms. The molecule has 3 rings (SSSR count). The molecule has 0 spiro atoms. The molecule has 1 N–H and O–H groups in total. The topological polar surface area (TPSA) is 49.4 Å². The van der Waals surface area contributed by atoms with Gasteiger partial charge in [-0.15, -0.1) is 11.3 Å². The lowest BCUT2D eigenvalue weighted by Gasteiger charge is -2.28. The van der Waals surface area contributed by atoms with Gasteiger partial charge in [-0.3, -0.25) is 19.8 Å². The van der Waals surface area contributed by atoms with Crippen LogP contribution < -0.4 is 10.2 Å². The number of nitrogens with zero attached hydrogens (tertiary/aromatic N) is 1. The molecule has 116 valence electrons. The van der Waals surface area contributed by atoms with Gasteiger partial charge in [0.05, 0.1) is 10.0 Å². The van der Waals surface area contributed by atoms with Crippen LogP contribution in [0.1, 0.15) is 4.88 Å². The summed E-state index contributed by atoms with van der Waals surface area (Å²) in [4.78, 5) is 26.8. The van der Waals surface area contributed by atoms with Crippen molar-refractivity contribution < 1.29 is 9.59 Å². The van der Waals surface area contributed by atoms with Crippen LogP contribution >= 0.6 is 51.1 Å². The molecule has 23 heavy (non-hydrogen) atoms. The van der Waals surface area contributed by atoms with E-state index in [-0.39, 0.29) is 10.7 Å². The fourth-order valence-electron chi connectivity index (χ4n) is 2.03. The quantitative estimate of drug-likeness (QED) is 0.448. The van der Waals surface area contributed by atoms with Crippen LogP contribution in [-0.2, 0) is 9.59 Å². The van der Waals surface area contributed by atoms with Crippen LogP contribution in [0.5, 0.6) is 0 Å². The van der Waals surface area contributed by atoms with Crippen LogP contribution in [0.15, 0.2) is 46.4 Å². The highest BCUT2D eigenvalue weighted by atomic mass is 79.9.